The Morgan fingerprint density at radius 2 is 2.00 bits per heavy atom. The van der Waals surface area contributed by atoms with Gasteiger partial charge >= 0.3 is 6.18 Å². The van der Waals surface area contributed by atoms with Crippen molar-refractivity contribution in [3.05, 3.63) is 17.5 Å². The summed E-state index contributed by atoms with van der Waals surface area (Å²) in [5.74, 6) is 0. The molecule has 1 heterocycles. The van der Waals surface area contributed by atoms with E-state index in [-0.39, 0.29) is 12.5 Å². The Morgan fingerprint density at radius 1 is 1.30 bits per heavy atom. The number of nitrogens with one attached hydrogen (secondary N) is 1. The number of nitrogens with zero attached hydrogens (tertiary/aromatic N) is 2. The largest absolute Gasteiger partial charge is 0.389 e. The molecule has 0 aliphatic heterocycles. The molecular formula is C14H24F3N3. The van der Waals surface area contributed by atoms with Crippen LogP contribution in [0.25, 0.3) is 0 Å². The van der Waals surface area contributed by atoms with Gasteiger partial charge in [-0.1, -0.05) is 13.8 Å². The van der Waals surface area contributed by atoms with Crippen LogP contribution >= 0.6 is 0 Å². The van der Waals surface area contributed by atoms with E-state index in [1.54, 1.807) is 0 Å². The Balaban J connectivity index is 2.88. The second-order valence-electron chi connectivity index (χ2n) is 4.89. The maximum atomic E-state index is 12.5. The predicted octanol–water partition coefficient (Wildman–Crippen LogP) is 3.85. The highest BCUT2D eigenvalue weighted by molar-refractivity contribution is 5.14. The number of rotatable bonds is 8. The summed E-state index contributed by atoms with van der Waals surface area (Å²) in [5, 5.41) is 7.63. The molecule has 0 radical (unpaired) electrons. The first kappa shape index (κ1) is 17.0. The van der Waals surface area contributed by atoms with E-state index in [0.29, 0.717) is 13.1 Å². The Kier molecular flexibility index (Phi) is 6.52. The molecule has 20 heavy (non-hydrogen) atoms. The van der Waals surface area contributed by atoms with Gasteiger partial charge in [0.25, 0.3) is 0 Å². The molecule has 1 atom stereocenters. The molecule has 0 saturated heterocycles. The van der Waals surface area contributed by atoms with E-state index < -0.39 is 12.6 Å². The average Bonchev–Trinajstić information content (AvgIpc) is 2.81. The molecule has 0 saturated carbocycles. The zero-order valence-electron chi connectivity index (χ0n) is 12.4. The van der Waals surface area contributed by atoms with Gasteiger partial charge < -0.3 is 5.32 Å². The summed E-state index contributed by atoms with van der Waals surface area (Å²) in [5.41, 5.74) is 1.79. The van der Waals surface area contributed by atoms with Gasteiger partial charge in [-0.25, -0.2) is 0 Å². The Bertz CT molecular complexity index is 399. The van der Waals surface area contributed by atoms with Crippen LogP contribution in [0.15, 0.2) is 6.07 Å². The molecule has 3 nitrogen and oxygen atoms in total. The molecule has 1 aromatic rings. The lowest BCUT2D eigenvalue weighted by Gasteiger charge is -2.20. The zero-order chi connectivity index (χ0) is 15.2. The zero-order valence-corrected chi connectivity index (χ0v) is 12.4. The van der Waals surface area contributed by atoms with Gasteiger partial charge in [-0.2, -0.15) is 18.3 Å². The summed E-state index contributed by atoms with van der Waals surface area (Å²) in [6.45, 7) is 7.33. The fourth-order valence-corrected chi connectivity index (χ4v) is 2.17. The first-order valence-electron chi connectivity index (χ1n) is 7.28. The second-order valence-corrected chi connectivity index (χ2v) is 4.89. The standard InChI is InChI=1S/C14H24F3N3/c1-4-9-18-12(7-8-14(15,16)17)13-10-11(5-2)19-20(13)6-3/h10,12,18H,4-9H2,1-3H3. The molecule has 0 amide bonds. The summed E-state index contributed by atoms with van der Waals surface area (Å²) >= 11 is 0. The van der Waals surface area contributed by atoms with Gasteiger partial charge in [-0.15, -0.1) is 0 Å². The molecule has 0 spiro atoms. The first-order chi connectivity index (χ1) is 9.41. The molecule has 1 unspecified atom stereocenters. The van der Waals surface area contributed by atoms with Gasteiger partial charge in [0.1, 0.15) is 0 Å². The fourth-order valence-electron chi connectivity index (χ4n) is 2.17. The van der Waals surface area contributed by atoms with Crippen LogP contribution in [0.3, 0.4) is 0 Å². The Labute approximate surface area is 118 Å². The van der Waals surface area contributed by atoms with Gasteiger partial charge in [0.05, 0.1) is 11.4 Å². The SMILES string of the molecule is CCCNC(CCC(F)(F)F)c1cc(CC)nn1CC. The van der Waals surface area contributed by atoms with Crippen LogP contribution in [0.1, 0.15) is 57.5 Å². The third kappa shape index (κ3) is 5.15. The molecule has 1 aromatic heterocycles. The maximum Gasteiger partial charge on any atom is 0.389 e. The lowest BCUT2D eigenvalue weighted by atomic mass is 10.1. The smallest absolute Gasteiger partial charge is 0.309 e. The molecule has 0 aromatic carbocycles. The molecule has 1 N–H and O–H groups in total. The third-order valence-electron chi connectivity index (χ3n) is 3.24. The highest BCUT2D eigenvalue weighted by Crippen LogP contribution is 2.28. The van der Waals surface area contributed by atoms with Gasteiger partial charge in [-0.05, 0) is 38.8 Å². The van der Waals surface area contributed by atoms with E-state index in [1.807, 2.05) is 31.5 Å². The minimum Gasteiger partial charge on any atom is -0.309 e. The number of aryl methyl sites for hydroxylation is 2. The van der Waals surface area contributed by atoms with Crippen molar-refractivity contribution in [1.29, 1.82) is 0 Å². The summed E-state index contributed by atoms with van der Waals surface area (Å²) in [7, 11) is 0. The second kappa shape index (κ2) is 7.67. The fraction of sp³-hybridized carbons (Fsp3) is 0.786. The molecule has 116 valence electrons. The van der Waals surface area contributed by atoms with E-state index in [1.165, 1.54) is 0 Å². The third-order valence-corrected chi connectivity index (χ3v) is 3.24. The van der Waals surface area contributed by atoms with E-state index in [4.69, 9.17) is 0 Å². The van der Waals surface area contributed by atoms with Crippen LogP contribution in [0.5, 0.6) is 0 Å². The summed E-state index contributed by atoms with van der Waals surface area (Å²) in [6, 6.07) is 1.64. The van der Waals surface area contributed by atoms with Crippen LogP contribution in [0, 0.1) is 0 Å². The first-order valence-corrected chi connectivity index (χ1v) is 7.28. The van der Waals surface area contributed by atoms with Crippen molar-refractivity contribution in [3.63, 3.8) is 0 Å². The highest BCUT2D eigenvalue weighted by atomic mass is 19.4. The van der Waals surface area contributed by atoms with Crippen LogP contribution in [-0.4, -0.2) is 22.5 Å². The van der Waals surface area contributed by atoms with Gasteiger partial charge in [-0.3, -0.25) is 4.68 Å². The van der Waals surface area contributed by atoms with E-state index >= 15 is 0 Å². The number of aromatic nitrogens is 2. The molecular weight excluding hydrogens is 267 g/mol. The normalized spacial score (nSPS) is 13.7. The van der Waals surface area contributed by atoms with E-state index in [0.717, 1.165) is 24.2 Å². The number of halogens is 3. The Hall–Kier alpha value is -1.04. The van der Waals surface area contributed by atoms with Gasteiger partial charge in [0.15, 0.2) is 0 Å². The summed E-state index contributed by atoms with van der Waals surface area (Å²) in [6.07, 6.45) is -3.15. The minimum atomic E-state index is -4.11. The van der Waals surface area contributed by atoms with Crippen LogP contribution in [0.4, 0.5) is 13.2 Å². The van der Waals surface area contributed by atoms with Crippen molar-refractivity contribution in [2.45, 2.75) is 65.2 Å². The molecule has 0 bridgehead atoms. The van der Waals surface area contributed by atoms with Crippen molar-refractivity contribution in [3.8, 4) is 0 Å². The predicted molar refractivity (Wildman–Crippen MR) is 73.6 cm³/mol. The minimum absolute atomic E-state index is 0.0539. The van der Waals surface area contributed by atoms with Crippen LogP contribution in [-0.2, 0) is 13.0 Å². The molecule has 6 heteroatoms. The molecule has 0 aliphatic rings. The number of hydrogen-bond acceptors (Lipinski definition) is 2. The maximum absolute atomic E-state index is 12.5. The van der Waals surface area contributed by atoms with E-state index in [9.17, 15) is 13.2 Å². The van der Waals surface area contributed by atoms with Crippen molar-refractivity contribution >= 4 is 0 Å². The van der Waals surface area contributed by atoms with Crippen molar-refractivity contribution in [1.82, 2.24) is 15.1 Å². The van der Waals surface area contributed by atoms with Crippen molar-refractivity contribution in [2.75, 3.05) is 6.54 Å². The quantitative estimate of drug-likeness (QED) is 0.788. The highest BCUT2D eigenvalue weighted by Gasteiger charge is 2.29. The molecule has 0 fully saturated rings. The number of alkyl halides is 3. The summed E-state index contributed by atoms with van der Waals surface area (Å²) in [4.78, 5) is 0. The topological polar surface area (TPSA) is 29.9 Å². The average molecular weight is 291 g/mol. The summed E-state index contributed by atoms with van der Waals surface area (Å²) < 4.78 is 39.2. The molecule has 0 aliphatic carbocycles. The monoisotopic (exact) mass is 291 g/mol. The molecule has 1 rings (SSSR count). The van der Waals surface area contributed by atoms with Crippen molar-refractivity contribution < 1.29 is 13.2 Å². The van der Waals surface area contributed by atoms with Gasteiger partial charge in [0, 0.05) is 19.0 Å². The van der Waals surface area contributed by atoms with Crippen LogP contribution in [0.2, 0.25) is 0 Å². The lowest BCUT2D eigenvalue weighted by molar-refractivity contribution is -0.136. The Morgan fingerprint density at radius 3 is 2.50 bits per heavy atom. The lowest BCUT2D eigenvalue weighted by Crippen LogP contribution is -2.26. The van der Waals surface area contributed by atoms with E-state index in [2.05, 4.69) is 10.4 Å². The van der Waals surface area contributed by atoms with Crippen molar-refractivity contribution in [2.24, 2.45) is 0 Å². The van der Waals surface area contributed by atoms with Crippen LogP contribution < -0.4 is 5.32 Å². The number of hydrogen-bond donors (Lipinski definition) is 1. The van der Waals surface area contributed by atoms with Gasteiger partial charge in [0.2, 0.25) is 0 Å².